The van der Waals surface area contributed by atoms with Crippen molar-refractivity contribution < 1.29 is 28.8 Å². The lowest BCUT2D eigenvalue weighted by molar-refractivity contribution is -0.00241. The van der Waals surface area contributed by atoms with Crippen LogP contribution < -0.4 is 18.9 Å². The summed E-state index contributed by atoms with van der Waals surface area (Å²) in [5, 5.41) is 10.9. The molecule has 0 fully saturated rings. The number of fused-ring (bicyclic) bond motifs is 1. The second kappa shape index (κ2) is 6.64. The van der Waals surface area contributed by atoms with E-state index in [4.69, 9.17) is 18.9 Å². The van der Waals surface area contributed by atoms with Gasteiger partial charge >= 0.3 is 0 Å². The van der Waals surface area contributed by atoms with Gasteiger partial charge in [0.25, 0.3) is 0 Å². The Balaban J connectivity index is 1.93. The first-order chi connectivity index (χ1) is 12.0. The van der Waals surface area contributed by atoms with Crippen molar-refractivity contribution in [2.45, 2.75) is 12.0 Å². The Bertz CT molecular complexity index is 766. The number of Topliss-reactive ketones (excluding diaryl/α,β-unsaturated/α-hetero) is 1. The minimum atomic E-state index is -1.66. The molecule has 0 spiro atoms. The van der Waals surface area contributed by atoms with Gasteiger partial charge in [-0.1, -0.05) is 12.1 Å². The highest BCUT2D eigenvalue weighted by atomic mass is 16.5. The van der Waals surface area contributed by atoms with E-state index < -0.39 is 11.4 Å². The number of ether oxygens (including phenoxy) is 4. The highest BCUT2D eigenvalue weighted by Crippen LogP contribution is 2.40. The van der Waals surface area contributed by atoms with Crippen molar-refractivity contribution in [1.82, 2.24) is 0 Å². The van der Waals surface area contributed by atoms with Crippen LogP contribution >= 0.6 is 0 Å². The molecule has 0 aromatic heterocycles. The minimum absolute atomic E-state index is 0.129. The summed E-state index contributed by atoms with van der Waals surface area (Å²) >= 11 is 0. The van der Waals surface area contributed by atoms with E-state index >= 15 is 0 Å². The van der Waals surface area contributed by atoms with Gasteiger partial charge in [0, 0.05) is 18.6 Å². The Morgan fingerprint density at radius 2 is 1.72 bits per heavy atom. The second-order valence-corrected chi connectivity index (χ2v) is 5.88. The van der Waals surface area contributed by atoms with Crippen LogP contribution in [0.2, 0.25) is 0 Å². The van der Waals surface area contributed by atoms with Crippen molar-refractivity contribution in [2.24, 2.45) is 0 Å². The Morgan fingerprint density at radius 3 is 2.32 bits per heavy atom. The number of carbonyl (C=O) groups excluding carboxylic acids is 1. The van der Waals surface area contributed by atoms with E-state index in [0.717, 1.165) is 5.56 Å². The Kier molecular flexibility index (Phi) is 4.55. The van der Waals surface area contributed by atoms with Gasteiger partial charge < -0.3 is 24.1 Å². The molecule has 0 unspecified atom stereocenters. The van der Waals surface area contributed by atoms with Crippen LogP contribution in [-0.2, 0) is 6.42 Å². The summed E-state index contributed by atoms with van der Waals surface area (Å²) in [4.78, 5) is 13.0. The van der Waals surface area contributed by atoms with Crippen LogP contribution in [0.15, 0.2) is 36.4 Å². The van der Waals surface area contributed by atoms with Crippen LogP contribution in [0.4, 0.5) is 0 Å². The molecule has 1 heterocycles. The molecule has 3 rings (SSSR count). The zero-order valence-electron chi connectivity index (χ0n) is 14.4. The molecule has 0 aliphatic carbocycles. The Hall–Kier alpha value is -2.73. The quantitative estimate of drug-likeness (QED) is 0.897. The lowest BCUT2D eigenvalue weighted by atomic mass is 9.85. The molecule has 0 saturated heterocycles. The monoisotopic (exact) mass is 344 g/mol. The first-order valence-corrected chi connectivity index (χ1v) is 7.79. The topological polar surface area (TPSA) is 74.2 Å². The molecule has 1 N–H and O–H groups in total. The molecule has 132 valence electrons. The van der Waals surface area contributed by atoms with Crippen LogP contribution in [0.1, 0.15) is 15.9 Å². The first kappa shape index (κ1) is 17.1. The summed E-state index contributed by atoms with van der Waals surface area (Å²) < 4.78 is 21.3. The molecule has 0 saturated carbocycles. The lowest BCUT2D eigenvalue weighted by Crippen LogP contribution is -2.49. The summed E-state index contributed by atoms with van der Waals surface area (Å²) in [6.07, 6.45) is 0.129. The smallest absolute Gasteiger partial charge is 0.205 e. The standard InChI is InChI=1S/C19H20O6/c1-22-13-6-4-12(5-7-13)10-19(21)11-25-16-9-14(23-2)8-15(24-3)17(16)18(19)20/h4-9,21H,10-11H2,1-3H3/t19-/m1/s1. The molecule has 25 heavy (non-hydrogen) atoms. The largest absolute Gasteiger partial charge is 0.497 e. The van der Waals surface area contributed by atoms with E-state index in [9.17, 15) is 9.90 Å². The van der Waals surface area contributed by atoms with Crippen molar-refractivity contribution in [3.8, 4) is 23.0 Å². The van der Waals surface area contributed by atoms with Gasteiger partial charge in [0.05, 0.1) is 21.3 Å². The van der Waals surface area contributed by atoms with Crippen molar-refractivity contribution in [2.75, 3.05) is 27.9 Å². The van der Waals surface area contributed by atoms with E-state index in [1.165, 1.54) is 14.2 Å². The summed E-state index contributed by atoms with van der Waals surface area (Å²) in [7, 11) is 4.56. The van der Waals surface area contributed by atoms with Gasteiger partial charge in [-0.15, -0.1) is 0 Å². The van der Waals surface area contributed by atoms with Crippen molar-refractivity contribution >= 4 is 5.78 Å². The second-order valence-electron chi connectivity index (χ2n) is 5.88. The van der Waals surface area contributed by atoms with Gasteiger partial charge in [-0.25, -0.2) is 0 Å². The van der Waals surface area contributed by atoms with Gasteiger partial charge in [-0.2, -0.15) is 0 Å². The fourth-order valence-corrected chi connectivity index (χ4v) is 2.89. The van der Waals surface area contributed by atoms with Crippen LogP contribution in [0.25, 0.3) is 0 Å². The number of ketones is 1. The van der Waals surface area contributed by atoms with Crippen LogP contribution in [0.3, 0.4) is 0 Å². The van der Waals surface area contributed by atoms with Crippen molar-refractivity contribution in [1.29, 1.82) is 0 Å². The zero-order chi connectivity index (χ0) is 18.0. The Labute approximate surface area is 145 Å². The molecule has 0 amide bonds. The van der Waals surface area contributed by atoms with Gasteiger partial charge in [-0.3, -0.25) is 4.79 Å². The molecule has 1 aliphatic heterocycles. The maximum atomic E-state index is 13.0. The molecular formula is C19H20O6. The molecule has 2 aromatic carbocycles. The first-order valence-electron chi connectivity index (χ1n) is 7.79. The van der Waals surface area contributed by atoms with Gasteiger partial charge in [0.1, 0.15) is 35.2 Å². The van der Waals surface area contributed by atoms with Gasteiger partial charge in [-0.05, 0) is 17.7 Å². The molecule has 6 heteroatoms. The predicted octanol–water partition coefficient (Wildman–Crippen LogP) is 2.26. The maximum Gasteiger partial charge on any atom is 0.205 e. The third kappa shape index (κ3) is 3.13. The van der Waals surface area contributed by atoms with Gasteiger partial charge in [0.15, 0.2) is 5.60 Å². The van der Waals surface area contributed by atoms with E-state index in [2.05, 4.69) is 0 Å². The molecule has 1 aliphatic rings. The molecule has 2 aromatic rings. The SMILES string of the molecule is COc1ccc(C[C@@]2(O)COc3cc(OC)cc(OC)c3C2=O)cc1. The van der Waals surface area contributed by atoms with Crippen molar-refractivity contribution in [3.05, 3.63) is 47.5 Å². The van der Waals surface area contributed by atoms with Gasteiger partial charge in [0.2, 0.25) is 5.78 Å². The molecule has 6 nitrogen and oxygen atoms in total. The highest BCUT2D eigenvalue weighted by molar-refractivity contribution is 6.08. The zero-order valence-corrected chi connectivity index (χ0v) is 14.4. The van der Waals surface area contributed by atoms with Crippen molar-refractivity contribution in [3.63, 3.8) is 0 Å². The minimum Gasteiger partial charge on any atom is -0.497 e. The molecular weight excluding hydrogens is 324 g/mol. The summed E-state index contributed by atoms with van der Waals surface area (Å²) in [5.41, 5.74) is -0.634. The van der Waals surface area contributed by atoms with Crippen LogP contribution in [0, 0.1) is 0 Å². The average Bonchev–Trinajstić information content (AvgIpc) is 2.64. The molecule has 0 bridgehead atoms. The Morgan fingerprint density at radius 1 is 1.04 bits per heavy atom. The summed E-state index contributed by atoms with van der Waals surface area (Å²) in [6.45, 7) is -0.138. The number of hydrogen-bond donors (Lipinski definition) is 1. The number of aliphatic hydroxyl groups is 1. The number of methoxy groups -OCH3 is 3. The number of benzene rings is 2. The normalized spacial score (nSPS) is 19.0. The molecule has 1 atom stereocenters. The van der Waals surface area contributed by atoms with E-state index in [-0.39, 0.29) is 18.6 Å². The fraction of sp³-hybridized carbons (Fsp3) is 0.316. The third-order valence-electron chi connectivity index (χ3n) is 4.27. The lowest BCUT2D eigenvalue weighted by Gasteiger charge is -2.33. The fourth-order valence-electron chi connectivity index (χ4n) is 2.89. The third-order valence-corrected chi connectivity index (χ3v) is 4.27. The van der Waals surface area contributed by atoms with Crippen LogP contribution in [-0.4, -0.2) is 44.4 Å². The number of hydrogen-bond acceptors (Lipinski definition) is 6. The predicted molar refractivity (Wildman–Crippen MR) is 91.0 cm³/mol. The summed E-state index contributed by atoms with van der Waals surface area (Å²) in [6, 6.07) is 10.4. The summed E-state index contributed by atoms with van der Waals surface area (Å²) in [5.74, 6) is 1.46. The maximum absolute atomic E-state index is 13.0. The van der Waals surface area contributed by atoms with E-state index in [1.807, 2.05) is 12.1 Å². The van der Waals surface area contributed by atoms with E-state index in [1.54, 1.807) is 31.4 Å². The highest BCUT2D eigenvalue weighted by Gasteiger charge is 2.44. The van der Waals surface area contributed by atoms with E-state index in [0.29, 0.717) is 23.0 Å². The average molecular weight is 344 g/mol. The number of carbonyl (C=O) groups is 1. The van der Waals surface area contributed by atoms with Crippen LogP contribution in [0.5, 0.6) is 23.0 Å². The molecule has 0 radical (unpaired) electrons. The number of rotatable bonds is 5.